The molecule has 0 unspecified atom stereocenters. The van der Waals surface area contributed by atoms with Crippen LogP contribution in [0.25, 0.3) is 0 Å². The third-order valence-electron chi connectivity index (χ3n) is 2.26. The van der Waals surface area contributed by atoms with E-state index in [0.717, 1.165) is 0 Å². The molecule has 1 rings (SSSR count). The molecule has 18 heavy (non-hydrogen) atoms. The van der Waals surface area contributed by atoms with Gasteiger partial charge in [0.05, 0.1) is 10.7 Å². The first-order valence-corrected chi connectivity index (χ1v) is 7.03. The van der Waals surface area contributed by atoms with Gasteiger partial charge in [0.2, 0.25) is 5.82 Å². The molecule has 0 radical (unpaired) electrons. The minimum Gasteiger partial charge on any atom is -0.378 e. The van der Waals surface area contributed by atoms with Crippen LogP contribution in [0.5, 0.6) is 0 Å². The van der Waals surface area contributed by atoms with E-state index in [1.54, 1.807) is 6.92 Å². The molecule has 1 heterocycles. The molecule has 100 valence electrons. The standard InChI is InChI=1S/C9H14N4O4S/c1-2-18(16,17)6-5-11-8-4-3-7(13(14)15)9(10)12-8/h3-4H,2,5-6H2,1H3,(H3,10,11,12). The van der Waals surface area contributed by atoms with Crippen LogP contribution in [-0.4, -0.2) is 36.4 Å². The third kappa shape index (κ3) is 3.84. The van der Waals surface area contributed by atoms with Crippen molar-refractivity contribution >= 4 is 27.2 Å². The van der Waals surface area contributed by atoms with Crippen LogP contribution in [0.2, 0.25) is 0 Å². The second-order valence-corrected chi connectivity index (χ2v) is 5.99. The molecule has 0 saturated heterocycles. The fraction of sp³-hybridized carbons (Fsp3) is 0.444. The molecule has 0 spiro atoms. The first kappa shape index (κ1) is 14.2. The predicted molar refractivity (Wildman–Crippen MR) is 68.1 cm³/mol. The lowest BCUT2D eigenvalue weighted by atomic mass is 10.4. The average molecular weight is 274 g/mol. The maximum Gasteiger partial charge on any atom is 0.311 e. The molecule has 0 aromatic carbocycles. The van der Waals surface area contributed by atoms with Crippen molar-refractivity contribution in [3.05, 3.63) is 22.2 Å². The van der Waals surface area contributed by atoms with E-state index in [-0.39, 0.29) is 29.6 Å². The van der Waals surface area contributed by atoms with E-state index in [4.69, 9.17) is 5.73 Å². The molecule has 1 aromatic heterocycles. The van der Waals surface area contributed by atoms with E-state index in [1.165, 1.54) is 12.1 Å². The Labute approximate surface area is 104 Å². The van der Waals surface area contributed by atoms with Crippen LogP contribution in [0.1, 0.15) is 6.92 Å². The van der Waals surface area contributed by atoms with Crippen molar-refractivity contribution in [1.82, 2.24) is 4.98 Å². The van der Waals surface area contributed by atoms with E-state index in [2.05, 4.69) is 10.3 Å². The van der Waals surface area contributed by atoms with Crippen LogP contribution >= 0.6 is 0 Å². The van der Waals surface area contributed by atoms with Crippen LogP contribution in [0.4, 0.5) is 17.3 Å². The number of sulfone groups is 1. The molecular weight excluding hydrogens is 260 g/mol. The molecule has 0 amide bonds. The van der Waals surface area contributed by atoms with Gasteiger partial charge in [-0.3, -0.25) is 10.1 Å². The van der Waals surface area contributed by atoms with Gasteiger partial charge in [0.1, 0.15) is 5.82 Å². The number of rotatable bonds is 6. The number of nitrogens with two attached hydrogens (primary N) is 1. The molecular formula is C9H14N4O4S. The lowest BCUT2D eigenvalue weighted by molar-refractivity contribution is -0.384. The van der Waals surface area contributed by atoms with Crippen molar-refractivity contribution in [2.45, 2.75) is 6.92 Å². The molecule has 0 aliphatic rings. The summed E-state index contributed by atoms with van der Waals surface area (Å²) in [5.74, 6) is 0.153. The maximum absolute atomic E-state index is 11.2. The van der Waals surface area contributed by atoms with Crippen molar-refractivity contribution in [2.75, 3.05) is 29.1 Å². The van der Waals surface area contributed by atoms with E-state index in [0.29, 0.717) is 5.82 Å². The SMILES string of the molecule is CCS(=O)(=O)CCNc1ccc([N+](=O)[O-])c(N)n1. The topological polar surface area (TPSA) is 128 Å². The molecule has 1 aromatic rings. The van der Waals surface area contributed by atoms with Crippen LogP contribution in [0.15, 0.2) is 12.1 Å². The number of nitrogens with one attached hydrogen (secondary N) is 1. The number of pyridine rings is 1. The fourth-order valence-electron chi connectivity index (χ4n) is 1.20. The number of hydrogen-bond donors (Lipinski definition) is 2. The summed E-state index contributed by atoms with van der Waals surface area (Å²) in [5, 5.41) is 13.3. The minimum atomic E-state index is -3.05. The summed E-state index contributed by atoms with van der Waals surface area (Å²) >= 11 is 0. The third-order valence-corrected chi connectivity index (χ3v) is 3.96. The lowest BCUT2D eigenvalue weighted by Crippen LogP contribution is -2.17. The van der Waals surface area contributed by atoms with E-state index in [1.807, 2.05) is 0 Å². The van der Waals surface area contributed by atoms with Gasteiger partial charge in [-0.15, -0.1) is 0 Å². The predicted octanol–water partition coefficient (Wildman–Crippen LogP) is 0.419. The summed E-state index contributed by atoms with van der Waals surface area (Å²) < 4.78 is 22.5. The molecule has 0 fully saturated rings. The second kappa shape index (κ2) is 5.63. The van der Waals surface area contributed by atoms with Gasteiger partial charge in [-0.25, -0.2) is 13.4 Å². The van der Waals surface area contributed by atoms with Gasteiger partial charge in [-0.1, -0.05) is 6.92 Å². The quantitative estimate of drug-likeness (QED) is 0.568. The Hall–Kier alpha value is -1.90. The van der Waals surface area contributed by atoms with Gasteiger partial charge < -0.3 is 11.1 Å². The first-order chi connectivity index (χ1) is 8.35. The number of nitro groups is 1. The molecule has 9 heteroatoms. The van der Waals surface area contributed by atoms with Crippen molar-refractivity contribution in [2.24, 2.45) is 0 Å². The zero-order valence-corrected chi connectivity index (χ0v) is 10.6. The summed E-state index contributed by atoms with van der Waals surface area (Å²) in [4.78, 5) is 13.6. The average Bonchev–Trinajstić information content (AvgIpc) is 2.28. The van der Waals surface area contributed by atoms with Crippen LogP contribution in [-0.2, 0) is 9.84 Å². The van der Waals surface area contributed by atoms with Crippen molar-refractivity contribution in [3.63, 3.8) is 0 Å². The summed E-state index contributed by atoms with van der Waals surface area (Å²) in [5.41, 5.74) is 5.12. The summed E-state index contributed by atoms with van der Waals surface area (Å²) in [6.45, 7) is 1.75. The Balaban J connectivity index is 2.65. The smallest absolute Gasteiger partial charge is 0.311 e. The van der Waals surface area contributed by atoms with Gasteiger partial charge in [-0.2, -0.15) is 0 Å². The summed E-state index contributed by atoms with van der Waals surface area (Å²) in [6.07, 6.45) is 0. The normalized spacial score (nSPS) is 11.2. The molecule has 0 atom stereocenters. The van der Waals surface area contributed by atoms with Gasteiger partial charge in [0, 0.05) is 18.4 Å². The molecule has 3 N–H and O–H groups in total. The van der Waals surface area contributed by atoms with Crippen molar-refractivity contribution in [1.29, 1.82) is 0 Å². The van der Waals surface area contributed by atoms with Crippen molar-refractivity contribution < 1.29 is 13.3 Å². The van der Waals surface area contributed by atoms with Crippen LogP contribution in [0, 0.1) is 10.1 Å². The number of nitrogens with zero attached hydrogens (tertiary/aromatic N) is 2. The monoisotopic (exact) mass is 274 g/mol. The van der Waals surface area contributed by atoms with Gasteiger partial charge in [0.25, 0.3) is 0 Å². The molecule has 8 nitrogen and oxygen atoms in total. The highest BCUT2D eigenvalue weighted by molar-refractivity contribution is 7.91. The Morgan fingerprint density at radius 1 is 1.50 bits per heavy atom. The Kier molecular flexibility index (Phi) is 4.43. The second-order valence-electron chi connectivity index (χ2n) is 3.52. The largest absolute Gasteiger partial charge is 0.378 e. The zero-order chi connectivity index (χ0) is 13.8. The van der Waals surface area contributed by atoms with Crippen molar-refractivity contribution in [3.8, 4) is 0 Å². The lowest BCUT2D eigenvalue weighted by Gasteiger charge is -2.06. The molecule has 0 aliphatic carbocycles. The highest BCUT2D eigenvalue weighted by atomic mass is 32.2. The molecule has 0 aliphatic heterocycles. The highest BCUT2D eigenvalue weighted by Gasteiger charge is 2.13. The maximum atomic E-state index is 11.2. The number of hydrogen-bond acceptors (Lipinski definition) is 7. The number of aromatic nitrogens is 1. The van der Waals surface area contributed by atoms with E-state index in [9.17, 15) is 18.5 Å². The Bertz CT molecular complexity index is 543. The Morgan fingerprint density at radius 2 is 2.17 bits per heavy atom. The highest BCUT2D eigenvalue weighted by Crippen LogP contribution is 2.20. The van der Waals surface area contributed by atoms with Crippen LogP contribution < -0.4 is 11.1 Å². The summed E-state index contributed by atoms with van der Waals surface area (Å²) in [7, 11) is -3.05. The van der Waals surface area contributed by atoms with Gasteiger partial charge in [0.15, 0.2) is 9.84 Å². The number of nitrogen functional groups attached to an aromatic ring is 1. The van der Waals surface area contributed by atoms with Gasteiger partial charge >= 0.3 is 5.69 Å². The minimum absolute atomic E-state index is 0.0257. The fourth-order valence-corrected chi connectivity index (χ4v) is 1.90. The first-order valence-electron chi connectivity index (χ1n) is 5.21. The Morgan fingerprint density at radius 3 is 2.67 bits per heavy atom. The molecule has 0 bridgehead atoms. The van der Waals surface area contributed by atoms with Gasteiger partial charge in [-0.05, 0) is 6.07 Å². The van der Waals surface area contributed by atoms with Crippen LogP contribution in [0.3, 0.4) is 0 Å². The zero-order valence-electron chi connectivity index (χ0n) is 9.79. The number of anilines is 2. The summed E-state index contributed by atoms with van der Waals surface area (Å²) in [6, 6.07) is 2.60. The van der Waals surface area contributed by atoms with E-state index < -0.39 is 14.8 Å². The molecule has 0 saturated carbocycles. The van der Waals surface area contributed by atoms with E-state index >= 15 is 0 Å².